The van der Waals surface area contributed by atoms with Crippen LogP contribution in [-0.4, -0.2) is 10.9 Å². The summed E-state index contributed by atoms with van der Waals surface area (Å²) < 4.78 is 1.12. The van der Waals surface area contributed by atoms with Gasteiger partial charge in [-0.25, -0.2) is 0 Å². The summed E-state index contributed by atoms with van der Waals surface area (Å²) in [7, 11) is 0. The van der Waals surface area contributed by atoms with E-state index >= 15 is 0 Å². The van der Waals surface area contributed by atoms with Crippen LogP contribution >= 0.6 is 34.8 Å². The lowest BCUT2D eigenvalue weighted by Crippen LogP contribution is -2.13. The summed E-state index contributed by atoms with van der Waals surface area (Å²) in [5.41, 5.74) is 7.59. The SMILES string of the molecule is NC(=S)c1ccc(C(=O)Nc2ccc(I)cc2)cc1. The van der Waals surface area contributed by atoms with Crippen LogP contribution in [0.5, 0.6) is 0 Å². The molecule has 0 bridgehead atoms. The zero-order valence-corrected chi connectivity index (χ0v) is 12.9. The van der Waals surface area contributed by atoms with Gasteiger partial charge in [0.15, 0.2) is 0 Å². The van der Waals surface area contributed by atoms with Crippen LogP contribution in [0.3, 0.4) is 0 Å². The topological polar surface area (TPSA) is 55.1 Å². The Morgan fingerprint density at radius 2 is 1.53 bits per heavy atom. The molecule has 3 nitrogen and oxygen atoms in total. The molecule has 0 spiro atoms. The van der Waals surface area contributed by atoms with Crippen LogP contribution in [0.1, 0.15) is 15.9 Å². The minimum absolute atomic E-state index is 0.157. The van der Waals surface area contributed by atoms with Crippen molar-refractivity contribution in [3.05, 3.63) is 63.2 Å². The van der Waals surface area contributed by atoms with Crippen LogP contribution < -0.4 is 11.1 Å². The van der Waals surface area contributed by atoms with Crippen molar-refractivity contribution >= 4 is 51.4 Å². The van der Waals surface area contributed by atoms with Crippen molar-refractivity contribution in [1.29, 1.82) is 0 Å². The molecule has 3 N–H and O–H groups in total. The normalized spacial score (nSPS) is 9.95. The molecule has 0 fully saturated rings. The second-order valence-electron chi connectivity index (χ2n) is 3.90. The number of thiocarbonyl (C=S) groups is 1. The predicted octanol–water partition coefficient (Wildman–Crippen LogP) is 3.18. The second-order valence-corrected chi connectivity index (χ2v) is 5.59. The molecular formula is C14H11IN2OS. The number of amides is 1. The molecule has 96 valence electrons. The van der Waals surface area contributed by atoms with Gasteiger partial charge in [0.1, 0.15) is 4.99 Å². The summed E-state index contributed by atoms with van der Waals surface area (Å²) in [6.07, 6.45) is 0. The van der Waals surface area contributed by atoms with Crippen LogP contribution in [-0.2, 0) is 0 Å². The molecule has 0 atom stereocenters. The predicted molar refractivity (Wildman–Crippen MR) is 89.4 cm³/mol. The van der Waals surface area contributed by atoms with Gasteiger partial charge in [-0.3, -0.25) is 4.79 Å². The van der Waals surface area contributed by atoms with Gasteiger partial charge >= 0.3 is 0 Å². The smallest absolute Gasteiger partial charge is 0.255 e. The van der Waals surface area contributed by atoms with Gasteiger partial charge in [-0.15, -0.1) is 0 Å². The Morgan fingerprint density at radius 1 is 1.00 bits per heavy atom. The Labute approximate surface area is 130 Å². The van der Waals surface area contributed by atoms with E-state index in [1.54, 1.807) is 24.3 Å². The molecule has 0 aliphatic carbocycles. The lowest BCUT2D eigenvalue weighted by molar-refractivity contribution is 0.102. The van der Waals surface area contributed by atoms with E-state index in [-0.39, 0.29) is 5.91 Å². The maximum atomic E-state index is 12.0. The number of halogens is 1. The van der Waals surface area contributed by atoms with Crippen LogP contribution in [0, 0.1) is 3.57 Å². The Hall–Kier alpha value is -1.47. The van der Waals surface area contributed by atoms with Crippen LogP contribution in [0.15, 0.2) is 48.5 Å². The number of benzene rings is 2. The Kier molecular flexibility index (Phi) is 4.49. The first-order valence-corrected chi connectivity index (χ1v) is 7.02. The summed E-state index contributed by atoms with van der Waals surface area (Å²) in [4.78, 5) is 12.3. The molecule has 0 heterocycles. The fourth-order valence-electron chi connectivity index (χ4n) is 1.52. The fraction of sp³-hybridized carbons (Fsp3) is 0. The number of nitrogens with one attached hydrogen (secondary N) is 1. The van der Waals surface area contributed by atoms with E-state index in [4.69, 9.17) is 18.0 Å². The summed E-state index contributed by atoms with van der Waals surface area (Å²) in [5.74, 6) is -0.157. The van der Waals surface area contributed by atoms with E-state index in [1.165, 1.54) is 0 Å². The first-order valence-electron chi connectivity index (χ1n) is 5.53. The van der Waals surface area contributed by atoms with Crippen molar-refractivity contribution in [1.82, 2.24) is 0 Å². The van der Waals surface area contributed by atoms with E-state index in [1.807, 2.05) is 24.3 Å². The van der Waals surface area contributed by atoms with Crippen molar-refractivity contribution < 1.29 is 4.79 Å². The Balaban J connectivity index is 2.11. The van der Waals surface area contributed by atoms with Crippen molar-refractivity contribution in [2.75, 3.05) is 5.32 Å². The number of carbonyl (C=O) groups excluding carboxylic acids is 1. The lowest BCUT2D eigenvalue weighted by Gasteiger charge is -2.06. The average Bonchev–Trinajstić information content (AvgIpc) is 2.41. The van der Waals surface area contributed by atoms with E-state index < -0.39 is 0 Å². The maximum absolute atomic E-state index is 12.0. The quantitative estimate of drug-likeness (QED) is 0.634. The van der Waals surface area contributed by atoms with Crippen LogP contribution in [0.2, 0.25) is 0 Å². The highest BCUT2D eigenvalue weighted by Crippen LogP contribution is 2.13. The van der Waals surface area contributed by atoms with Crippen molar-refractivity contribution in [3.63, 3.8) is 0 Å². The minimum Gasteiger partial charge on any atom is -0.389 e. The van der Waals surface area contributed by atoms with Crippen LogP contribution in [0.4, 0.5) is 5.69 Å². The number of rotatable bonds is 3. The number of hydrogen-bond donors (Lipinski definition) is 2. The first kappa shape index (κ1) is 14.0. The third-order valence-corrected chi connectivity index (χ3v) is 3.49. The molecule has 0 saturated carbocycles. The molecule has 0 radical (unpaired) electrons. The highest BCUT2D eigenvalue weighted by atomic mass is 127. The van der Waals surface area contributed by atoms with Gasteiger partial charge in [-0.2, -0.15) is 0 Å². The van der Waals surface area contributed by atoms with Gasteiger partial charge in [0.25, 0.3) is 5.91 Å². The lowest BCUT2D eigenvalue weighted by atomic mass is 10.1. The average molecular weight is 382 g/mol. The highest BCUT2D eigenvalue weighted by Gasteiger charge is 2.06. The van der Waals surface area contributed by atoms with E-state index in [0.29, 0.717) is 10.6 Å². The molecule has 0 aliphatic heterocycles. The summed E-state index contributed by atoms with van der Waals surface area (Å²) >= 11 is 7.08. The monoisotopic (exact) mass is 382 g/mol. The molecule has 2 rings (SSSR count). The number of anilines is 1. The second kappa shape index (κ2) is 6.12. The molecule has 0 aromatic heterocycles. The molecular weight excluding hydrogens is 371 g/mol. The number of carbonyl (C=O) groups is 1. The third-order valence-electron chi connectivity index (χ3n) is 2.53. The Bertz CT molecular complexity index is 608. The van der Waals surface area contributed by atoms with E-state index in [9.17, 15) is 4.79 Å². The Morgan fingerprint density at radius 3 is 2.05 bits per heavy atom. The van der Waals surface area contributed by atoms with Gasteiger partial charge in [-0.05, 0) is 59.0 Å². The standard InChI is InChI=1S/C14H11IN2OS/c15-11-5-7-12(8-6-11)17-14(18)10-3-1-9(2-4-10)13(16)19/h1-8H,(H2,16,19)(H,17,18). The van der Waals surface area contributed by atoms with Gasteiger partial charge in [0, 0.05) is 20.4 Å². The molecule has 2 aromatic rings. The minimum atomic E-state index is -0.157. The van der Waals surface area contributed by atoms with Gasteiger partial charge < -0.3 is 11.1 Å². The van der Waals surface area contributed by atoms with Gasteiger partial charge in [0.2, 0.25) is 0 Å². The van der Waals surface area contributed by atoms with Crippen molar-refractivity contribution in [2.45, 2.75) is 0 Å². The summed E-state index contributed by atoms with van der Waals surface area (Å²) in [6.45, 7) is 0. The van der Waals surface area contributed by atoms with Crippen molar-refractivity contribution in [3.8, 4) is 0 Å². The largest absolute Gasteiger partial charge is 0.389 e. The van der Waals surface area contributed by atoms with E-state index in [2.05, 4.69) is 27.9 Å². The number of nitrogens with two attached hydrogens (primary N) is 1. The summed E-state index contributed by atoms with van der Waals surface area (Å²) in [6, 6.07) is 14.5. The number of hydrogen-bond acceptors (Lipinski definition) is 2. The molecule has 2 aromatic carbocycles. The van der Waals surface area contributed by atoms with Crippen LogP contribution in [0.25, 0.3) is 0 Å². The summed E-state index contributed by atoms with van der Waals surface area (Å²) in [5, 5.41) is 2.83. The zero-order chi connectivity index (χ0) is 13.8. The van der Waals surface area contributed by atoms with Crippen molar-refractivity contribution in [2.24, 2.45) is 5.73 Å². The molecule has 19 heavy (non-hydrogen) atoms. The molecule has 5 heteroatoms. The maximum Gasteiger partial charge on any atom is 0.255 e. The highest BCUT2D eigenvalue weighted by molar-refractivity contribution is 14.1. The van der Waals surface area contributed by atoms with Gasteiger partial charge in [-0.1, -0.05) is 24.4 Å². The fourth-order valence-corrected chi connectivity index (χ4v) is 2.02. The molecule has 0 unspecified atom stereocenters. The first-order chi connectivity index (χ1) is 9.06. The molecule has 1 amide bonds. The molecule has 0 aliphatic rings. The third kappa shape index (κ3) is 3.74. The zero-order valence-electron chi connectivity index (χ0n) is 9.89. The van der Waals surface area contributed by atoms with E-state index in [0.717, 1.165) is 14.8 Å². The van der Waals surface area contributed by atoms with Gasteiger partial charge in [0.05, 0.1) is 0 Å². The molecule has 0 saturated heterocycles.